The molecule has 2 saturated heterocycles. The Morgan fingerprint density at radius 2 is 1.85 bits per heavy atom. The van der Waals surface area contributed by atoms with Gasteiger partial charge in [0.05, 0.1) is 39.5 Å². The van der Waals surface area contributed by atoms with Crippen LogP contribution in [0.4, 0.5) is 9.18 Å². The second-order valence-electron chi connectivity index (χ2n) is 12.1. The van der Waals surface area contributed by atoms with E-state index in [-0.39, 0.29) is 33.0 Å². The van der Waals surface area contributed by atoms with Crippen LogP contribution in [-0.2, 0) is 17.1 Å². The van der Waals surface area contributed by atoms with E-state index in [9.17, 15) is 18.0 Å². The number of carbonyl (C=O) groups is 2. The number of aromatic nitrogens is 3. The van der Waals surface area contributed by atoms with Crippen molar-refractivity contribution in [1.82, 2.24) is 23.7 Å². The number of fused-ring (bicyclic) bond motifs is 1. The molecule has 0 radical (unpaired) electrons. The van der Waals surface area contributed by atoms with E-state index >= 15 is 4.39 Å². The summed E-state index contributed by atoms with van der Waals surface area (Å²) in [7, 11) is -1.54. The molecule has 2 aliphatic rings. The summed E-state index contributed by atoms with van der Waals surface area (Å²) in [5.74, 6) is -0.273. The second-order valence-corrected chi connectivity index (χ2v) is 14.8. The van der Waals surface area contributed by atoms with Crippen LogP contribution in [0, 0.1) is 24.6 Å². The number of piperidine rings is 1. The number of H-pyrrole nitrogens is 1. The number of carbonyl (C=O) groups excluding carboxylic acids is 2. The van der Waals surface area contributed by atoms with E-state index in [0.717, 1.165) is 0 Å². The summed E-state index contributed by atoms with van der Waals surface area (Å²) in [4.78, 5) is 35.0. The first kappa shape index (κ1) is 32.3. The molecule has 0 aliphatic carbocycles. The average Bonchev–Trinajstić information content (AvgIpc) is 3.68. The summed E-state index contributed by atoms with van der Waals surface area (Å²) >= 11 is 13.0. The number of hydrogen-bond acceptors (Lipinski definition) is 6. The monoisotopic (exact) mass is 690 g/mol. The van der Waals surface area contributed by atoms with Gasteiger partial charge in [0.15, 0.2) is 5.15 Å². The molecule has 4 heterocycles. The maximum atomic E-state index is 15.9. The minimum absolute atomic E-state index is 0.0163. The fourth-order valence-corrected chi connectivity index (χ4v) is 8.28. The van der Waals surface area contributed by atoms with Gasteiger partial charge in [0, 0.05) is 38.4 Å². The Morgan fingerprint density at radius 1 is 1.13 bits per heavy atom. The third-order valence-corrected chi connectivity index (χ3v) is 11.0. The number of primary amides is 1. The number of nitrogens with two attached hydrogens (primary N) is 1. The first-order chi connectivity index (χ1) is 21.7. The zero-order valence-electron chi connectivity index (χ0n) is 25.4. The highest BCUT2D eigenvalue weighted by molar-refractivity contribution is 7.88. The van der Waals surface area contributed by atoms with Crippen LogP contribution < -0.4 is 10.5 Å². The molecule has 0 spiro atoms. The van der Waals surface area contributed by atoms with Gasteiger partial charge in [0.1, 0.15) is 17.4 Å². The Balaban J connectivity index is 1.35. The average molecular weight is 692 g/mol. The van der Waals surface area contributed by atoms with E-state index in [2.05, 4.69) is 9.97 Å². The smallest absolute Gasteiger partial charge is 0.409 e. The highest BCUT2D eigenvalue weighted by Gasteiger charge is 2.43. The second kappa shape index (κ2) is 12.2. The molecule has 2 aliphatic heterocycles. The molecule has 2 aromatic heterocycles. The standard InChI is InChI=1S/C31H33Cl2FN6O5S/c1-16-12-18(4-7-24(16)45-31(35)42)27-28(33)37-29(36-27)23-13-19(17-8-10-39(11-9-17)46(3,43)44)14-40(23)30(41)20-5-6-22-25(26(20)34)21(32)15-38(22)2/h4-7,12,15,17,19,23H,8-11,13-14H2,1-3H3,(H2,35,42)(H,36,37)/t19-,23-/m0/s1. The van der Waals surface area contributed by atoms with Gasteiger partial charge >= 0.3 is 6.09 Å². The molecule has 3 N–H and O–H groups in total. The van der Waals surface area contributed by atoms with Crippen LogP contribution >= 0.6 is 23.2 Å². The Bertz CT molecular complexity index is 1970. The van der Waals surface area contributed by atoms with Crippen molar-refractivity contribution < 1.29 is 27.1 Å². The fourth-order valence-electron chi connectivity index (χ4n) is 6.83. The number of halogens is 3. The number of likely N-dealkylation sites (tertiary alicyclic amines) is 1. The quantitative estimate of drug-likeness (QED) is 0.267. The number of imidazole rings is 1. The number of benzene rings is 2. The number of nitrogens with zero attached hydrogens (tertiary/aromatic N) is 4. The van der Waals surface area contributed by atoms with Crippen LogP contribution in [-0.4, -0.2) is 70.0 Å². The number of ether oxygens (including phenoxy) is 1. The summed E-state index contributed by atoms with van der Waals surface area (Å²) in [6, 6.07) is 7.67. The molecule has 6 rings (SSSR count). The molecule has 0 bridgehead atoms. The molecule has 15 heteroatoms. The minimum Gasteiger partial charge on any atom is -0.410 e. The van der Waals surface area contributed by atoms with Crippen molar-refractivity contribution in [3.8, 4) is 17.0 Å². The van der Waals surface area contributed by atoms with Gasteiger partial charge in [-0.25, -0.2) is 26.9 Å². The predicted octanol–water partition coefficient (Wildman–Crippen LogP) is 5.66. The van der Waals surface area contributed by atoms with Crippen molar-refractivity contribution in [2.24, 2.45) is 24.6 Å². The van der Waals surface area contributed by atoms with Crippen molar-refractivity contribution in [1.29, 1.82) is 0 Å². The Kier molecular flexibility index (Phi) is 8.55. The molecular formula is C31H33Cl2FN6O5S. The van der Waals surface area contributed by atoms with Crippen molar-refractivity contribution in [3.63, 3.8) is 0 Å². The van der Waals surface area contributed by atoms with Crippen LogP contribution in [0.2, 0.25) is 10.2 Å². The van der Waals surface area contributed by atoms with Crippen molar-refractivity contribution in [2.75, 3.05) is 25.9 Å². The summed E-state index contributed by atoms with van der Waals surface area (Å²) < 4.78 is 48.4. The van der Waals surface area contributed by atoms with Crippen LogP contribution in [0.5, 0.6) is 5.75 Å². The van der Waals surface area contributed by atoms with E-state index < -0.39 is 33.9 Å². The SMILES string of the molecule is Cc1cc(-c2[nH]c([C@@H]3C[C@H](C4CCN(S(C)(=O)=O)CC4)CN3C(=O)c3ccc4c(c(Cl)cn4C)c3F)nc2Cl)ccc1OC(N)=O. The number of rotatable bonds is 6. The van der Waals surface area contributed by atoms with Crippen LogP contribution in [0.15, 0.2) is 36.5 Å². The largest absolute Gasteiger partial charge is 0.410 e. The van der Waals surface area contributed by atoms with Gasteiger partial charge < -0.3 is 24.9 Å². The fraction of sp³-hybridized carbons (Fsp3) is 0.387. The van der Waals surface area contributed by atoms with E-state index in [0.29, 0.717) is 72.8 Å². The summed E-state index contributed by atoms with van der Waals surface area (Å²) in [5, 5.41) is 0.569. The van der Waals surface area contributed by atoms with Gasteiger partial charge in [-0.3, -0.25) is 4.79 Å². The van der Waals surface area contributed by atoms with E-state index in [4.69, 9.17) is 33.7 Å². The zero-order chi connectivity index (χ0) is 33.1. The zero-order valence-corrected chi connectivity index (χ0v) is 27.7. The van der Waals surface area contributed by atoms with Crippen molar-refractivity contribution in [2.45, 2.75) is 32.2 Å². The van der Waals surface area contributed by atoms with Crippen LogP contribution in [0.3, 0.4) is 0 Å². The molecule has 0 saturated carbocycles. The summed E-state index contributed by atoms with van der Waals surface area (Å²) in [6.45, 7) is 2.90. The van der Waals surface area contributed by atoms with Crippen molar-refractivity contribution in [3.05, 3.63) is 69.5 Å². The molecule has 11 nitrogen and oxygen atoms in total. The van der Waals surface area contributed by atoms with Gasteiger partial charge in [-0.2, -0.15) is 0 Å². The normalized spacial score (nSPS) is 19.7. The predicted molar refractivity (Wildman–Crippen MR) is 173 cm³/mol. The van der Waals surface area contributed by atoms with Gasteiger partial charge in [-0.1, -0.05) is 23.2 Å². The number of aryl methyl sites for hydroxylation is 2. The molecule has 46 heavy (non-hydrogen) atoms. The summed E-state index contributed by atoms with van der Waals surface area (Å²) in [6.07, 6.45) is 3.71. The first-order valence-corrected chi connectivity index (χ1v) is 17.4. The molecule has 0 unspecified atom stereocenters. The molecule has 4 aromatic rings. The summed E-state index contributed by atoms with van der Waals surface area (Å²) in [5.41, 5.74) is 7.46. The topological polar surface area (TPSA) is 144 Å². The maximum absolute atomic E-state index is 15.9. The molecular weight excluding hydrogens is 658 g/mol. The van der Waals surface area contributed by atoms with Gasteiger partial charge in [-0.05, 0) is 73.9 Å². The number of hydrogen-bond donors (Lipinski definition) is 2. The molecule has 2 aromatic carbocycles. The van der Waals surface area contributed by atoms with Crippen LogP contribution in [0.25, 0.3) is 22.2 Å². The third kappa shape index (κ3) is 5.96. The minimum atomic E-state index is -3.30. The molecule has 2 amide bonds. The molecule has 2 atom stereocenters. The highest BCUT2D eigenvalue weighted by atomic mass is 35.5. The lowest BCUT2D eigenvalue weighted by atomic mass is 9.83. The lowest BCUT2D eigenvalue weighted by molar-refractivity contribution is 0.0716. The molecule has 2 fully saturated rings. The van der Waals surface area contributed by atoms with Gasteiger partial charge in [-0.15, -0.1) is 0 Å². The third-order valence-electron chi connectivity index (χ3n) is 9.17. The number of amides is 2. The lowest BCUT2D eigenvalue weighted by Crippen LogP contribution is -2.40. The van der Waals surface area contributed by atoms with E-state index in [1.807, 2.05) is 0 Å². The lowest BCUT2D eigenvalue weighted by Gasteiger charge is -2.33. The number of sulfonamides is 1. The molecule has 244 valence electrons. The van der Waals surface area contributed by atoms with Crippen LogP contribution in [0.1, 0.15) is 47.1 Å². The highest BCUT2D eigenvalue weighted by Crippen LogP contribution is 2.44. The number of nitrogens with one attached hydrogen (secondary N) is 1. The Morgan fingerprint density at radius 3 is 2.50 bits per heavy atom. The van der Waals surface area contributed by atoms with E-state index in [1.165, 1.54) is 16.6 Å². The van der Waals surface area contributed by atoms with Gasteiger partial charge in [0.2, 0.25) is 10.0 Å². The van der Waals surface area contributed by atoms with Crippen molar-refractivity contribution >= 4 is 56.1 Å². The Labute approximate surface area is 275 Å². The van der Waals surface area contributed by atoms with E-state index in [1.54, 1.807) is 53.9 Å². The van der Waals surface area contributed by atoms with Gasteiger partial charge in [0.25, 0.3) is 5.91 Å². The maximum Gasteiger partial charge on any atom is 0.409 e. The first-order valence-electron chi connectivity index (χ1n) is 14.8. The Hall–Kier alpha value is -3.65. The number of aromatic amines is 1.